The largest absolute Gasteiger partial charge is 0.472 e. The summed E-state index contributed by atoms with van der Waals surface area (Å²) in [6.45, 7) is 8.14. The minimum Gasteiger partial charge on any atom is -0.472 e. The van der Waals surface area contributed by atoms with E-state index in [-0.39, 0.29) is 11.9 Å². The molecule has 0 spiro atoms. The summed E-state index contributed by atoms with van der Waals surface area (Å²) in [5.74, 6) is 0.957. The topological polar surface area (TPSA) is 44.2 Å². The van der Waals surface area contributed by atoms with E-state index in [2.05, 4.69) is 9.97 Å². The van der Waals surface area contributed by atoms with E-state index in [0.717, 1.165) is 23.2 Å². The Morgan fingerprint density at radius 1 is 1.17 bits per heavy atom. The van der Waals surface area contributed by atoms with E-state index >= 15 is 0 Å². The van der Waals surface area contributed by atoms with Crippen LogP contribution in [0.5, 0.6) is 5.88 Å². The van der Waals surface area contributed by atoms with Gasteiger partial charge in [-0.25, -0.2) is 9.37 Å². The Labute approximate surface area is 143 Å². The van der Waals surface area contributed by atoms with Gasteiger partial charge in [0.25, 0.3) is 0 Å². The summed E-state index contributed by atoms with van der Waals surface area (Å²) in [6.07, 6.45) is 1.17. The van der Waals surface area contributed by atoms with Crippen LogP contribution in [0, 0.1) is 26.6 Å². The monoisotopic (exact) mass is 332 g/mol. The number of rotatable bonds is 7. The van der Waals surface area contributed by atoms with Gasteiger partial charge in [0, 0.05) is 19.1 Å². The standard InChI is InChI=1S/C19H25FN2O2/c1-6-16(11-23-5)24-19-13(3)18(21-14(4)22-19)10-15-8-7-12(2)9-17(15)20/h7-9,16H,6,10-11H2,1-5H3. The summed E-state index contributed by atoms with van der Waals surface area (Å²) in [6, 6.07) is 5.26. The number of benzene rings is 1. The van der Waals surface area contributed by atoms with Crippen molar-refractivity contribution in [2.45, 2.75) is 46.6 Å². The second-order valence-electron chi connectivity index (χ2n) is 6.02. The van der Waals surface area contributed by atoms with Gasteiger partial charge in [0.05, 0.1) is 12.3 Å². The van der Waals surface area contributed by atoms with Gasteiger partial charge in [-0.3, -0.25) is 0 Å². The zero-order valence-electron chi connectivity index (χ0n) is 15.0. The third-order valence-corrected chi connectivity index (χ3v) is 3.97. The maximum absolute atomic E-state index is 14.1. The van der Waals surface area contributed by atoms with E-state index in [0.29, 0.717) is 30.3 Å². The van der Waals surface area contributed by atoms with Crippen LogP contribution in [0.2, 0.25) is 0 Å². The first-order valence-electron chi connectivity index (χ1n) is 8.19. The predicted molar refractivity (Wildman–Crippen MR) is 92.0 cm³/mol. The normalized spacial score (nSPS) is 12.2. The van der Waals surface area contributed by atoms with Crippen molar-refractivity contribution in [2.75, 3.05) is 13.7 Å². The van der Waals surface area contributed by atoms with E-state index in [1.54, 1.807) is 13.2 Å². The van der Waals surface area contributed by atoms with E-state index in [1.165, 1.54) is 0 Å². The Morgan fingerprint density at radius 3 is 2.54 bits per heavy atom. The number of aromatic nitrogens is 2. The molecule has 1 unspecified atom stereocenters. The minimum atomic E-state index is -0.209. The third kappa shape index (κ3) is 4.51. The van der Waals surface area contributed by atoms with Gasteiger partial charge >= 0.3 is 0 Å². The molecule has 0 N–H and O–H groups in total. The lowest BCUT2D eigenvalue weighted by molar-refractivity contribution is 0.0748. The van der Waals surface area contributed by atoms with Crippen molar-refractivity contribution in [3.8, 4) is 5.88 Å². The number of aryl methyl sites for hydroxylation is 2. The summed E-state index contributed by atoms with van der Waals surface area (Å²) < 4.78 is 25.3. The molecule has 0 radical (unpaired) electrons. The molecule has 2 aromatic rings. The molecule has 1 aromatic carbocycles. The van der Waals surface area contributed by atoms with Crippen molar-refractivity contribution in [2.24, 2.45) is 0 Å². The lowest BCUT2D eigenvalue weighted by atomic mass is 10.0. The molecule has 0 aliphatic heterocycles. The molecule has 0 fully saturated rings. The molecule has 0 amide bonds. The fourth-order valence-electron chi connectivity index (χ4n) is 2.50. The smallest absolute Gasteiger partial charge is 0.220 e. The van der Waals surface area contributed by atoms with Crippen LogP contribution < -0.4 is 4.74 Å². The molecule has 5 heteroatoms. The second-order valence-corrected chi connectivity index (χ2v) is 6.02. The molecule has 24 heavy (non-hydrogen) atoms. The molecule has 2 rings (SSSR count). The Bertz CT molecular complexity index is 704. The molecule has 130 valence electrons. The van der Waals surface area contributed by atoms with Gasteiger partial charge in [0.1, 0.15) is 17.7 Å². The number of halogens is 1. The predicted octanol–water partition coefficient (Wildman–Crippen LogP) is 3.94. The summed E-state index contributed by atoms with van der Waals surface area (Å²) in [5.41, 5.74) is 3.15. The van der Waals surface area contributed by atoms with Crippen molar-refractivity contribution in [3.63, 3.8) is 0 Å². The molecule has 0 saturated carbocycles. The van der Waals surface area contributed by atoms with Crippen molar-refractivity contribution in [3.05, 3.63) is 52.2 Å². The molecule has 1 heterocycles. The van der Waals surface area contributed by atoms with Gasteiger partial charge < -0.3 is 9.47 Å². The van der Waals surface area contributed by atoms with Crippen LogP contribution in [-0.4, -0.2) is 29.8 Å². The number of ether oxygens (including phenoxy) is 2. The van der Waals surface area contributed by atoms with Crippen molar-refractivity contribution in [1.82, 2.24) is 9.97 Å². The Balaban J connectivity index is 2.30. The molecule has 0 saturated heterocycles. The first kappa shape index (κ1) is 18.3. The number of hydrogen-bond donors (Lipinski definition) is 0. The van der Waals surface area contributed by atoms with E-state index < -0.39 is 0 Å². The number of hydrogen-bond acceptors (Lipinski definition) is 4. The van der Waals surface area contributed by atoms with Crippen LogP contribution in [0.15, 0.2) is 18.2 Å². The highest BCUT2D eigenvalue weighted by Crippen LogP contribution is 2.23. The molecular weight excluding hydrogens is 307 g/mol. The van der Waals surface area contributed by atoms with Gasteiger partial charge in [-0.2, -0.15) is 4.98 Å². The van der Waals surface area contributed by atoms with Crippen LogP contribution in [0.25, 0.3) is 0 Å². The van der Waals surface area contributed by atoms with Crippen LogP contribution in [0.4, 0.5) is 4.39 Å². The summed E-state index contributed by atoms with van der Waals surface area (Å²) in [7, 11) is 1.65. The van der Waals surface area contributed by atoms with Crippen LogP contribution >= 0.6 is 0 Å². The number of methoxy groups -OCH3 is 1. The van der Waals surface area contributed by atoms with E-state index in [1.807, 2.05) is 39.8 Å². The summed E-state index contributed by atoms with van der Waals surface area (Å²) >= 11 is 0. The molecular formula is C19H25FN2O2. The average Bonchev–Trinajstić information content (AvgIpc) is 2.53. The van der Waals surface area contributed by atoms with E-state index in [9.17, 15) is 4.39 Å². The Hall–Kier alpha value is -2.01. The zero-order chi connectivity index (χ0) is 17.7. The summed E-state index contributed by atoms with van der Waals surface area (Å²) in [4.78, 5) is 8.88. The molecule has 1 aromatic heterocycles. The maximum Gasteiger partial charge on any atom is 0.220 e. The summed E-state index contributed by atoms with van der Waals surface area (Å²) in [5, 5.41) is 0. The Morgan fingerprint density at radius 2 is 1.92 bits per heavy atom. The van der Waals surface area contributed by atoms with Gasteiger partial charge in [0.2, 0.25) is 5.88 Å². The fourth-order valence-corrected chi connectivity index (χ4v) is 2.50. The number of nitrogens with zero attached hydrogens (tertiary/aromatic N) is 2. The first-order valence-corrected chi connectivity index (χ1v) is 8.19. The van der Waals surface area contributed by atoms with Crippen molar-refractivity contribution in [1.29, 1.82) is 0 Å². The van der Waals surface area contributed by atoms with Crippen LogP contribution in [0.1, 0.15) is 41.6 Å². The molecule has 1 atom stereocenters. The molecule has 0 aliphatic rings. The second kappa shape index (κ2) is 8.20. The minimum absolute atomic E-state index is 0.0630. The fraction of sp³-hybridized carbons (Fsp3) is 0.474. The highest BCUT2D eigenvalue weighted by atomic mass is 19.1. The Kier molecular flexibility index (Phi) is 6.26. The van der Waals surface area contributed by atoms with Gasteiger partial charge in [-0.05, 0) is 44.4 Å². The zero-order valence-corrected chi connectivity index (χ0v) is 15.0. The quantitative estimate of drug-likeness (QED) is 0.770. The highest BCUT2D eigenvalue weighted by Gasteiger charge is 2.16. The van der Waals surface area contributed by atoms with Gasteiger partial charge in [0.15, 0.2) is 0 Å². The van der Waals surface area contributed by atoms with Gasteiger partial charge in [-0.1, -0.05) is 19.1 Å². The van der Waals surface area contributed by atoms with Crippen molar-refractivity contribution < 1.29 is 13.9 Å². The van der Waals surface area contributed by atoms with E-state index in [4.69, 9.17) is 9.47 Å². The van der Waals surface area contributed by atoms with Gasteiger partial charge in [-0.15, -0.1) is 0 Å². The highest BCUT2D eigenvalue weighted by molar-refractivity contribution is 5.35. The first-order chi connectivity index (χ1) is 11.4. The molecule has 4 nitrogen and oxygen atoms in total. The maximum atomic E-state index is 14.1. The van der Waals surface area contributed by atoms with Crippen LogP contribution in [-0.2, 0) is 11.2 Å². The molecule has 0 aliphatic carbocycles. The average molecular weight is 332 g/mol. The molecule has 0 bridgehead atoms. The van der Waals surface area contributed by atoms with Crippen molar-refractivity contribution >= 4 is 0 Å². The third-order valence-electron chi connectivity index (χ3n) is 3.97. The van der Waals surface area contributed by atoms with Crippen LogP contribution in [0.3, 0.4) is 0 Å². The lowest BCUT2D eigenvalue weighted by Gasteiger charge is -2.19. The lowest BCUT2D eigenvalue weighted by Crippen LogP contribution is -2.23. The SMILES string of the molecule is CCC(COC)Oc1nc(C)nc(Cc2ccc(C)cc2F)c1C.